The van der Waals surface area contributed by atoms with Crippen molar-refractivity contribution in [3.63, 3.8) is 0 Å². The fourth-order valence-electron chi connectivity index (χ4n) is 1.52. The first-order valence-electron chi connectivity index (χ1n) is 7.57. The molecule has 24 heavy (non-hydrogen) atoms. The van der Waals surface area contributed by atoms with Crippen molar-refractivity contribution >= 4 is 34.6 Å². The molecule has 0 aliphatic rings. The molecule has 1 heterocycles. The largest absolute Gasteiger partial charge is 0.416 e. The predicted octanol–water partition coefficient (Wildman–Crippen LogP) is 4.37. The van der Waals surface area contributed by atoms with Crippen LogP contribution in [0, 0.1) is 6.92 Å². The second kappa shape index (κ2) is 10.3. The average Bonchev–Trinajstić information content (AvgIpc) is 2.51. The van der Waals surface area contributed by atoms with Gasteiger partial charge in [0.2, 0.25) is 5.88 Å². The third-order valence-electron chi connectivity index (χ3n) is 2.54. The smallest absolute Gasteiger partial charge is 0.391 e. The molecule has 1 aromatic heterocycles. The second-order valence-electron chi connectivity index (χ2n) is 4.98. The Hall–Kier alpha value is -0.760. The number of carbonyl (C=O) groups excluding carboxylic acids is 1. The van der Waals surface area contributed by atoms with Gasteiger partial charge in [0.25, 0.3) is 0 Å². The highest BCUT2D eigenvalue weighted by Crippen LogP contribution is 2.70. The van der Waals surface area contributed by atoms with Crippen LogP contribution < -0.4 is 4.74 Å². The van der Waals surface area contributed by atoms with E-state index in [0.29, 0.717) is 23.9 Å². The minimum absolute atomic E-state index is 0.184. The van der Waals surface area contributed by atoms with Crippen LogP contribution in [0.25, 0.3) is 0 Å². The summed E-state index contributed by atoms with van der Waals surface area (Å²) in [5.41, 5.74) is 0.645. The van der Waals surface area contributed by atoms with E-state index in [9.17, 15) is 9.36 Å². The molecule has 0 aliphatic heterocycles. The molecule has 1 aromatic rings. The Labute approximate surface area is 151 Å². The van der Waals surface area contributed by atoms with Crippen LogP contribution in [0.2, 0.25) is 0 Å². The molecular formula is C14H24N3O4PS2. The lowest BCUT2D eigenvalue weighted by Crippen LogP contribution is -2.25. The van der Waals surface area contributed by atoms with Crippen molar-refractivity contribution in [3.05, 3.63) is 17.6 Å². The Balaban J connectivity index is 2.81. The molecule has 0 N–H and O–H groups in total. The maximum Gasteiger partial charge on any atom is 0.416 e. The number of amides is 1. The fraction of sp³-hybridized carbons (Fsp3) is 0.643. The summed E-state index contributed by atoms with van der Waals surface area (Å²) in [6.45, 7) is 5.98. The number of aryl methyl sites for hydroxylation is 1. The number of carbonyl (C=O) groups is 1. The first kappa shape index (κ1) is 21.3. The summed E-state index contributed by atoms with van der Waals surface area (Å²) in [6, 6.07) is 1.59. The molecule has 1 amide bonds. The summed E-state index contributed by atoms with van der Waals surface area (Å²) in [7, 11) is 3.19. The van der Waals surface area contributed by atoms with Gasteiger partial charge in [0.1, 0.15) is 5.82 Å². The van der Waals surface area contributed by atoms with E-state index in [-0.39, 0.29) is 5.88 Å². The van der Waals surface area contributed by atoms with E-state index in [4.69, 9.17) is 9.26 Å². The van der Waals surface area contributed by atoms with Gasteiger partial charge >= 0.3 is 11.9 Å². The molecule has 0 radical (unpaired) electrons. The third kappa shape index (κ3) is 7.42. The SMILES string of the molecule is CCCSP(=O)(OCC)SCc1cc(OC(=O)N(C)C)nc(C)n1. The monoisotopic (exact) mass is 393 g/mol. The van der Waals surface area contributed by atoms with Crippen LogP contribution in [0.4, 0.5) is 4.79 Å². The van der Waals surface area contributed by atoms with Crippen molar-refractivity contribution in [2.45, 2.75) is 32.9 Å². The van der Waals surface area contributed by atoms with Crippen LogP contribution in [0.15, 0.2) is 6.07 Å². The molecule has 0 fully saturated rings. The van der Waals surface area contributed by atoms with Crippen LogP contribution in [0.5, 0.6) is 5.88 Å². The topological polar surface area (TPSA) is 81.6 Å². The zero-order chi connectivity index (χ0) is 18.2. The Morgan fingerprint density at radius 3 is 2.58 bits per heavy atom. The normalized spacial score (nSPS) is 13.4. The van der Waals surface area contributed by atoms with E-state index in [1.807, 2.05) is 13.8 Å². The summed E-state index contributed by atoms with van der Waals surface area (Å²) >= 11 is 2.59. The van der Waals surface area contributed by atoms with Crippen molar-refractivity contribution in [3.8, 4) is 5.88 Å². The molecule has 7 nitrogen and oxygen atoms in total. The van der Waals surface area contributed by atoms with Gasteiger partial charge in [0, 0.05) is 31.7 Å². The highest BCUT2D eigenvalue weighted by atomic mass is 33.1. The van der Waals surface area contributed by atoms with Gasteiger partial charge in [-0.1, -0.05) is 29.7 Å². The van der Waals surface area contributed by atoms with Gasteiger partial charge in [-0.25, -0.2) is 9.78 Å². The second-order valence-corrected chi connectivity index (χ2v) is 12.5. The van der Waals surface area contributed by atoms with Crippen molar-refractivity contribution in [1.82, 2.24) is 14.9 Å². The van der Waals surface area contributed by atoms with Gasteiger partial charge in [0.05, 0.1) is 12.3 Å². The number of hydrogen-bond acceptors (Lipinski definition) is 8. The lowest BCUT2D eigenvalue weighted by molar-refractivity contribution is 0.170. The Morgan fingerprint density at radius 2 is 2.00 bits per heavy atom. The Kier molecular flexibility index (Phi) is 9.12. The molecule has 1 unspecified atom stereocenters. The van der Waals surface area contributed by atoms with Gasteiger partial charge in [-0.15, -0.1) is 0 Å². The molecular weight excluding hydrogens is 369 g/mol. The number of aromatic nitrogens is 2. The fourth-order valence-corrected chi connectivity index (χ4v) is 8.12. The third-order valence-corrected chi connectivity index (χ3v) is 10.1. The van der Waals surface area contributed by atoms with Crippen molar-refractivity contribution in [2.24, 2.45) is 0 Å². The summed E-state index contributed by atoms with van der Waals surface area (Å²) in [4.78, 5) is 21.3. The van der Waals surface area contributed by atoms with E-state index in [1.54, 1.807) is 27.1 Å². The Morgan fingerprint density at radius 1 is 1.29 bits per heavy atom. The zero-order valence-electron chi connectivity index (χ0n) is 14.6. The zero-order valence-corrected chi connectivity index (χ0v) is 17.2. The average molecular weight is 393 g/mol. The van der Waals surface area contributed by atoms with Crippen LogP contribution in [0.3, 0.4) is 0 Å². The quantitative estimate of drug-likeness (QED) is 0.572. The molecule has 0 spiro atoms. The number of nitrogens with zero attached hydrogens (tertiary/aromatic N) is 3. The minimum Gasteiger partial charge on any atom is -0.391 e. The molecule has 1 atom stereocenters. The molecule has 0 saturated carbocycles. The van der Waals surface area contributed by atoms with Crippen molar-refractivity contribution in [1.29, 1.82) is 0 Å². The predicted molar refractivity (Wildman–Crippen MR) is 99.8 cm³/mol. The highest BCUT2D eigenvalue weighted by Gasteiger charge is 2.24. The van der Waals surface area contributed by atoms with Gasteiger partial charge < -0.3 is 14.2 Å². The summed E-state index contributed by atoms with van der Waals surface area (Å²) in [6.07, 6.45) is 0.421. The summed E-state index contributed by atoms with van der Waals surface area (Å²) < 4.78 is 23.4. The maximum absolute atomic E-state index is 12.8. The van der Waals surface area contributed by atoms with Crippen molar-refractivity contribution < 1.29 is 18.6 Å². The van der Waals surface area contributed by atoms with Crippen LogP contribution in [0.1, 0.15) is 31.8 Å². The van der Waals surface area contributed by atoms with Crippen LogP contribution in [-0.2, 0) is 14.8 Å². The van der Waals surface area contributed by atoms with Crippen LogP contribution >= 0.6 is 28.5 Å². The molecule has 0 aromatic carbocycles. The van der Waals surface area contributed by atoms with Crippen LogP contribution in [-0.4, -0.2) is 47.4 Å². The lowest BCUT2D eigenvalue weighted by atomic mass is 10.4. The minimum atomic E-state index is -2.82. The molecule has 0 saturated heterocycles. The maximum atomic E-state index is 12.8. The number of ether oxygens (including phenoxy) is 1. The van der Waals surface area contributed by atoms with Gasteiger partial charge in [-0.05, 0) is 20.3 Å². The molecule has 10 heteroatoms. The Bertz CT molecular complexity index is 601. The molecule has 0 bridgehead atoms. The first-order valence-corrected chi connectivity index (χ1v) is 12.4. The van der Waals surface area contributed by atoms with Gasteiger partial charge in [-0.3, -0.25) is 4.57 Å². The molecule has 1 rings (SSSR count). The molecule has 136 valence electrons. The van der Waals surface area contributed by atoms with Gasteiger partial charge in [0.15, 0.2) is 0 Å². The van der Waals surface area contributed by atoms with E-state index in [1.165, 1.54) is 27.7 Å². The standard InChI is InChI=1S/C14H24N3O4PS2/c1-6-8-23-22(19,20-7-2)24-10-12-9-13(16-11(3)15-12)21-14(18)17(4)5/h9H,6-8,10H2,1-5H3. The van der Waals surface area contributed by atoms with E-state index in [0.717, 1.165) is 12.2 Å². The van der Waals surface area contributed by atoms with Gasteiger partial charge in [-0.2, -0.15) is 4.98 Å². The van der Waals surface area contributed by atoms with Crippen molar-refractivity contribution in [2.75, 3.05) is 26.5 Å². The molecule has 0 aliphatic carbocycles. The number of rotatable bonds is 9. The van der Waals surface area contributed by atoms with E-state index in [2.05, 4.69) is 9.97 Å². The first-order chi connectivity index (χ1) is 11.3. The van der Waals surface area contributed by atoms with E-state index < -0.39 is 11.9 Å². The summed E-state index contributed by atoms with van der Waals surface area (Å²) in [5, 5.41) is 0. The lowest BCUT2D eigenvalue weighted by Gasteiger charge is -2.16. The summed E-state index contributed by atoms with van der Waals surface area (Å²) in [5.74, 6) is -0.976. The van der Waals surface area contributed by atoms with E-state index >= 15 is 0 Å². The number of hydrogen-bond donors (Lipinski definition) is 0. The highest BCUT2D eigenvalue weighted by molar-refractivity contribution is 8.89.